The Hall–Kier alpha value is -1.06. The number of carbonyl (C=O) groups is 1. The van der Waals surface area contributed by atoms with Gasteiger partial charge in [0.25, 0.3) is 0 Å². The van der Waals surface area contributed by atoms with Gasteiger partial charge in [0.2, 0.25) is 5.91 Å². The molecule has 0 spiro atoms. The van der Waals surface area contributed by atoms with Gasteiger partial charge in [-0.15, -0.1) is 12.4 Å². The summed E-state index contributed by atoms with van der Waals surface area (Å²) in [6.45, 7) is 5.96. The number of halogens is 1. The SMILES string of the molecule is CCc1cccc(NC(=O)C(N)C(C)C)c1.Cl. The van der Waals surface area contributed by atoms with Crippen molar-refractivity contribution in [3.8, 4) is 0 Å². The summed E-state index contributed by atoms with van der Waals surface area (Å²) in [5, 5.41) is 2.83. The van der Waals surface area contributed by atoms with Crippen LogP contribution < -0.4 is 11.1 Å². The number of hydrogen-bond donors (Lipinski definition) is 2. The van der Waals surface area contributed by atoms with Crippen LogP contribution in [-0.4, -0.2) is 11.9 Å². The Morgan fingerprint density at radius 2 is 2.06 bits per heavy atom. The summed E-state index contributed by atoms with van der Waals surface area (Å²) in [5.41, 5.74) is 7.79. The molecule has 0 heterocycles. The third-order valence-electron chi connectivity index (χ3n) is 2.62. The first kappa shape index (κ1) is 15.9. The average Bonchev–Trinajstić information content (AvgIpc) is 2.28. The highest BCUT2D eigenvalue weighted by molar-refractivity contribution is 5.94. The fourth-order valence-corrected chi connectivity index (χ4v) is 1.40. The van der Waals surface area contributed by atoms with Crippen molar-refractivity contribution >= 4 is 24.0 Å². The second kappa shape index (κ2) is 7.30. The van der Waals surface area contributed by atoms with Crippen molar-refractivity contribution in [2.75, 3.05) is 5.32 Å². The summed E-state index contributed by atoms with van der Waals surface area (Å²) in [6, 6.07) is 7.38. The second-order valence-electron chi connectivity index (χ2n) is 4.31. The summed E-state index contributed by atoms with van der Waals surface area (Å²) >= 11 is 0. The standard InChI is InChI=1S/C13H20N2O.ClH/c1-4-10-6-5-7-11(8-10)15-13(16)12(14)9(2)3;/h5-9,12H,4,14H2,1-3H3,(H,15,16);1H. The molecule has 3 nitrogen and oxygen atoms in total. The molecular weight excluding hydrogens is 236 g/mol. The molecule has 0 radical (unpaired) electrons. The Kier molecular flexibility index (Phi) is 6.85. The molecule has 1 unspecified atom stereocenters. The molecule has 3 N–H and O–H groups in total. The highest BCUT2D eigenvalue weighted by atomic mass is 35.5. The van der Waals surface area contributed by atoms with Crippen LogP contribution in [0, 0.1) is 5.92 Å². The second-order valence-corrected chi connectivity index (χ2v) is 4.31. The molecule has 0 fully saturated rings. The van der Waals surface area contributed by atoms with E-state index in [0.29, 0.717) is 0 Å². The number of hydrogen-bond acceptors (Lipinski definition) is 2. The first-order valence-electron chi connectivity index (χ1n) is 5.70. The molecule has 0 aromatic heterocycles. The van der Waals surface area contributed by atoms with Gasteiger partial charge in [-0.25, -0.2) is 0 Å². The van der Waals surface area contributed by atoms with Crippen molar-refractivity contribution in [3.05, 3.63) is 29.8 Å². The number of aryl methyl sites for hydroxylation is 1. The Labute approximate surface area is 109 Å². The third kappa shape index (κ3) is 4.75. The van der Waals surface area contributed by atoms with Gasteiger partial charge >= 0.3 is 0 Å². The van der Waals surface area contributed by atoms with E-state index < -0.39 is 6.04 Å². The van der Waals surface area contributed by atoms with Crippen LogP contribution in [0.25, 0.3) is 0 Å². The molecular formula is C13H21ClN2O. The topological polar surface area (TPSA) is 55.1 Å². The molecule has 0 aliphatic rings. The van der Waals surface area contributed by atoms with Crippen LogP contribution in [0.15, 0.2) is 24.3 Å². The van der Waals surface area contributed by atoms with Crippen LogP contribution in [0.5, 0.6) is 0 Å². The zero-order chi connectivity index (χ0) is 12.1. The maximum absolute atomic E-state index is 11.7. The van der Waals surface area contributed by atoms with E-state index in [9.17, 15) is 4.79 Å². The Morgan fingerprint density at radius 3 is 2.59 bits per heavy atom. The maximum atomic E-state index is 11.7. The van der Waals surface area contributed by atoms with E-state index in [1.165, 1.54) is 5.56 Å². The monoisotopic (exact) mass is 256 g/mol. The van der Waals surface area contributed by atoms with Gasteiger partial charge in [-0.05, 0) is 30.0 Å². The van der Waals surface area contributed by atoms with Gasteiger partial charge in [0.1, 0.15) is 0 Å². The van der Waals surface area contributed by atoms with Gasteiger partial charge in [0.15, 0.2) is 0 Å². The molecule has 0 bridgehead atoms. The van der Waals surface area contributed by atoms with E-state index in [4.69, 9.17) is 5.73 Å². The fraction of sp³-hybridized carbons (Fsp3) is 0.462. The fourth-order valence-electron chi connectivity index (χ4n) is 1.40. The summed E-state index contributed by atoms with van der Waals surface area (Å²) in [5.74, 6) is 0.0256. The number of amides is 1. The van der Waals surface area contributed by atoms with Crippen LogP contribution in [0.2, 0.25) is 0 Å². The minimum absolute atomic E-state index is 0. The van der Waals surface area contributed by atoms with Crippen molar-refractivity contribution in [1.29, 1.82) is 0 Å². The van der Waals surface area contributed by atoms with Crippen molar-refractivity contribution < 1.29 is 4.79 Å². The van der Waals surface area contributed by atoms with Crippen LogP contribution >= 0.6 is 12.4 Å². The first-order chi connectivity index (χ1) is 7.54. The molecule has 1 aromatic rings. The quantitative estimate of drug-likeness (QED) is 0.870. The molecule has 1 aromatic carbocycles. The molecule has 1 atom stereocenters. The maximum Gasteiger partial charge on any atom is 0.241 e. The lowest BCUT2D eigenvalue weighted by Gasteiger charge is -2.15. The molecule has 0 saturated carbocycles. The summed E-state index contributed by atoms with van der Waals surface area (Å²) < 4.78 is 0. The van der Waals surface area contributed by atoms with E-state index in [1.807, 2.05) is 38.1 Å². The predicted molar refractivity (Wildman–Crippen MR) is 74.5 cm³/mol. The Bertz CT molecular complexity index is 366. The largest absolute Gasteiger partial charge is 0.325 e. The minimum atomic E-state index is -0.453. The number of rotatable bonds is 4. The number of nitrogens with two attached hydrogens (primary N) is 1. The van der Waals surface area contributed by atoms with Gasteiger partial charge in [0.05, 0.1) is 6.04 Å². The molecule has 17 heavy (non-hydrogen) atoms. The lowest BCUT2D eigenvalue weighted by Crippen LogP contribution is -2.39. The predicted octanol–water partition coefficient (Wildman–Crippen LogP) is 2.59. The molecule has 1 rings (SSSR count). The van der Waals surface area contributed by atoms with Gasteiger partial charge < -0.3 is 11.1 Å². The van der Waals surface area contributed by atoms with Gasteiger partial charge in [-0.3, -0.25) is 4.79 Å². The van der Waals surface area contributed by atoms with Gasteiger partial charge in [-0.2, -0.15) is 0 Å². The van der Waals surface area contributed by atoms with E-state index in [-0.39, 0.29) is 24.2 Å². The van der Waals surface area contributed by atoms with Crippen LogP contribution in [0.1, 0.15) is 26.3 Å². The van der Waals surface area contributed by atoms with Gasteiger partial charge in [0, 0.05) is 5.69 Å². The molecule has 96 valence electrons. The van der Waals surface area contributed by atoms with Crippen LogP contribution in [0.4, 0.5) is 5.69 Å². The highest BCUT2D eigenvalue weighted by Crippen LogP contribution is 2.12. The van der Waals surface area contributed by atoms with Crippen molar-refractivity contribution in [3.63, 3.8) is 0 Å². The van der Waals surface area contributed by atoms with Gasteiger partial charge in [-0.1, -0.05) is 32.9 Å². The minimum Gasteiger partial charge on any atom is -0.325 e. The van der Waals surface area contributed by atoms with Crippen molar-refractivity contribution in [2.24, 2.45) is 11.7 Å². The average molecular weight is 257 g/mol. The smallest absolute Gasteiger partial charge is 0.241 e. The first-order valence-corrected chi connectivity index (χ1v) is 5.70. The number of anilines is 1. The lowest BCUT2D eigenvalue weighted by atomic mass is 10.0. The molecule has 0 saturated heterocycles. The van der Waals surface area contributed by atoms with E-state index in [1.54, 1.807) is 0 Å². The highest BCUT2D eigenvalue weighted by Gasteiger charge is 2.16. The number of carbonyl (C=O) groups excluding carboxylic acids is 1. The normalized spacial score (nSPS) is 11.8. The zero-order valence-electron chi connectivity index (χ0n) is 10.6. The van der Waals surface area contributed by atoms with Crippen molar-refractivity contribution in [1.82, 2.24) is 0 Å². The molecule has 0 aliphatic heterocycles. The van der Waals surface area contributed by atoms with E-state index in [0.717, 1.165) is 12.1 Å². The van der Waals surface area contributed by atoms with E-state index in [2.05, 4.69) is 12.2 Å². The summed E-state index contributed by atoms with van der Waals surface area (Å²) in [7, 11) is 0. The zero-order valence-corrected chi connectivity index (χ0v) is 11.4. The Balaban J connectivity index is 0.00000256. The molecule has 1 amide bonds. The molecule has 4 heteroatoms. The van der Waals surface area contributed by atoms with Crippen LogP contribution in [0.3, 0.4) is 0 Å². The lowest BCUT2D eigenvalue weighted by molar-refractivity contribution is -0.118. The third-order valence-corrected chi connectivity index (χ3v) is 2.62. The van der Waals surface area contributed by atoms with E-state index >= 15 is 0 Å². The number of nitrogens with one attached hydrogen (secondary N) is 1. The summed E-state index contributed by atoms with van der Waals surface area (Å²) in [4.78, 5) is 11.7. The summed E-state index contributed by atoms with van der Waals surface area (Å²) in [6.07, 6.45) is 0.958. The number of benzene rings is 1. The van der Waals surface area contributed by atoms with Crippen molar-refractivity contribution in [2.45, 2.75) is 33.2 Å². The van der Waals surface area contributed by atoms with Crippen LogP contribution in [-0.2, 0) is 11.2 Å². The molecule has 0 aliphatic carbocycles. The Morgan fingerprint density at radius 1 is 1.41 bits per heavy atom.